The van der Waals surface area contributed by atoms with Gasteiger partial charge in [0, 0.05) is 32.6 Å². The van der Waals surface area contributed by atoms with Crippen LogP contribution in [0.5, 0.6) is 0 Å². The summed E-state index contributed by atoms with van der Waals surface area (Å²) in [6.45, 7) is 8.17. The second-order valence-corrected chi connectivity index (χ2v) is 23.3. The van der Waals surface area contributed by atoms with Gasteiger partial charge in [0.1, 0.15) is 0 Å². The maximum absolute atomic E-state index is 14.1. The fourth-order valence-electron chi connectivity index (χ4n) is 4.79. The monoisotopic (exact) mass is 682 g/mol. The molecule has 6 nitrogen and oxygen atoms in total. The second kappa shape index (κ2) is 14.5. The van der Waals surface area contributed by atoms with Crippen LogP contribution in [0, 0.1) is 0 Å². The van der Waals surface area contributed by atoms with Crippen molar-refractivity contribution in [3.63, 3.8) is 0 Å². The first-order valence-corrected chi connectivity index (χ1v) is 21.9. The molecule has 0 atom stereocenters. The quantitative estimate of drug-likeness (QED) is 0.0909. The predicted molar refractivity (Wildman–Crippen MR) is 146 cm³/mol. The zero-order chi connectivity index (χ0) is 32.8. The van der Waals surface area contributed by atoms with Gasteiger partial charge in [-0.3, -0.25) is 4.79 Å². The van der Waals surface area contributed by atoms with Crippen LogP contribution in [0.2, 0.25) is 38.8 Å². The lowest BCUT2D eigenvalue weighted by Crippen LogP contribution is -2.66. The molecule has 0 radical (unpaired) electrons. The maximum Gasteiger partial charge on any atom is 0.460 e. The fourth-order valence-corrected chi connectivity index (χ4v) is 14.3. The van der Waals surface area contributed by atoms with Crippen molar-refractivity contribution in [1.82, 2.24) is 9.21 Å². The highest BCUT2D eigenvalue weighted by molar-refractivity contribution is 7.90. The van der Waals surface area contributed by atoms with E-state index in [1.54, 1.807) is 0 Å². The lowest BCUT2D eigenvalue weighted by atomic mass is 10.1. The van der Waals surface area contributed by atoms with Crippen LogP contribution >= 0.6 is 0 Å². The summed E-state index contributed by atoms with van der Waals surface area (Å²) < 4.78 is 149. The van der Waals surface area contributed by atoms with Gasteiger partial charge in [-0.1, -0.05) is 44.9 Å². The number of carbonyl (C=O) groups excluding carboxylic acids is 1. The topological polar surface area (TPSA) is 66.9 Å². The first kappa shape index (κ1) is 39.2. The Bertz CT molecular complexity index is 983. The van der Waals surface area contributed by atoms with Crippen LogP contribution in [0.25, 0.3) is 0 Å². The van der Waals surface area contributed by atoms with E-state index >= 15 is 0 Å². The molecule has 0 aromatic rings. The van der Waals surface area contributed by atoms with Gasteiger partial charge < -0.3 is 9.02 Å². The van der Waals surface area contributed by atoms with Crippen molar-refractivity contribution in [2.24, 2.45) is 0 Å². The molecule has 0 aliphatic carbocycles. The van der Waals surface area contributed by atoms with Gasteiger partial charge in [-0.25, -0.2) is 8.42 Å². The fraction of sp³-hybridized carbons (Fsp3) is 0.958. The Balaban J connectivity index is 2.40. The van der Waals surface area contributed by atoms with Crippen molar-refractivity contribution >= 4 is 32.6 Å². The Labute approximate surface area is 244 Å². The van der Waals surface area contributed by atoms with Crippen molar-refractivity contribution < 1.29 is 56.8 Å². The number of amides is 1. The van der Waals surface area contributed by atoms with Crippen molar-refractivity contribution in [3.8, 4) is 0 Å². The SMILES string of the molecule is C[Si](C)(C)O[Si](C)(C)CCCCCCCCCCC(=O)N1CCN(S(=O)(=O)C(F)(F)C(F)(F)C(F)(F)C(F)(F)F)CC1. The Morgan fingerprint density at radius 1 is 0.690 bits per heavy atom. The minimum absolute atomic E-state index is 0.0790. The molecule has 1 aliphatic heterocycles. The third-order valence-corrected chi connectivity index (χ3v) is 15.0. The zero-order valence-electron chi connectivity index (χ0n) is 24.7. The average Bonchev–Trinajstić information content (AvgIpc) is 2.82. The summed E-state index contributed by atoms with van der Waals surface area (Å²) in [5.41, 5.74) is 0. The molecule has 0 N–H and O–H groups in total. The highest BCUT2D eigenvalue weighted by Crippen LogP contribution is 2.55. The summed E-state index contributed by atoms with van der Waals surface area (Å²) in [5.74, 6) is -15.0. The molecule has 18 heteroatoms. The molecule has 0 unspecified atom stereocenters. The minimum Gasteiger partial charge on any atom is -0.456 e. The average molecular weight is 683 g/mol. The largest absolute Gasteiger partial charge is 0.460 e. The highest BCUT2D eigenvalue weighted by Gasteiger charge is 2.85. The molecule has 1 rings (SSSR count). The lowest BCUT2D eigenvalue weighted by Gasteiger charge is -2.38. The summed E-state index contributed by atoms with van der Waals surface area (Å²) in [7, 11) is -9.80. The van der Waals surface area contributed by atoms with E-state index in [4.69, 9.17) is 4.12 Å². The standard InChI is InChI=1S/C24H43F9N2O4SSi2/c1-41(2,3)39-42(4,5)19-13-11-9-7-6-8-10-12-14-20(36)34-15-17-35(18-16-34)40(37,38)24(32,33)22(27,28)21(25,26)23(29,30)31/h6-19H2,1-5H3. The van der Waals surface area contributed by atoms with E-state index in [1.807, 2.05) is 0 Å². The minimum atomic E-state index is -7.31. The van der Waals surface area contributed by atoms with Crippen LogP contribution in [0.4, 0.5) is 39.5 Å². The van der Waals surface area contributed by atoms with Gasteiger partial charge in [0.05, 0.1) is 0 Å². The van der Waals surface area contributed by atoms with Crippen LogP contribution in [0.1, 0.15) is 57.8 Å². The van der Waals surface area contributed by atoms with Gasteiger partial charge in [0.25, 0.3) is 10.0 Å². The molecule has 1 saturated heterocycles. The molecule has 0 bridgehead atoms. The smallest absolute Gasteiger partial charge is 0.456 e. The molecule has 1 amide bonds. The van der Waals surface area contributed by atoms with Crippen molar-refractivity contribution in [2.45, 2.75) is 120 Å². The molecular formula is C24H43F9N2O4SSi2. The van der Waals surface area contributed by atoms with E-state index in [1.165, 1.54) is 0 Å². The molecular weight excluding hydrogens is 639 g/mol. The van der Waals surface area contributed by atoms with Gasteiger partial charge >= 0.3 is 23.3 Å². The summed E-state index contributed by atoms with van der Waals surface area (Å²) >= 11 is 0. The Morgan fingerprint density at radius 2 is 1.12 bits per heavy atom. The first-order chi connectivity index (χ1) is 18.8. The number of nitrogens with zero attached hydrogens (tertiary/aromatic N) is 2. The zero-order valence-corrected chi connectivity index (χ0v) is 27.6. The number of carbonyl (C=O) groups is 1. The van der Waals surface area contributed by atoms with E-state index in [0.29, 0.717) is 6.42 Å². The van der Waals surface area contributed by atoms with E-state index in [-0.39, 0.29) is 10.7 Å². The Hall–Kier alpha value is -0.856. The van der Waals surface area contributed by atoms with Crippen molar-refractivity contribution in [1.29, 1.82) is 0 Å². The molecule has 1 aliphatic rings. The molecule has 0 spiro atoms. The van der Waals surface area contributed by atoms with E-state index in [9.17, 15) is 52.7 Å². The number of sulfonamides is 1. The third-order valence-electron chi connectivity index (χ3n) is 6.87. The summed E-state index contributed by atoms with van der Waals surface area (Å²) in [5, 5.41) is -6.76. The highest BCUT2D eigenvalue weighted by atomic mass is 32.2. The predicted octanol–water partition coefficient (Wildman–Crippen LogP) is 7.45. The molecule has 1 heterocycles. The van der Waals surface area contributed by atoms with E-state index in [0.717, 1.165) is 55.9 Å². The summed E-state index contributed by atoms with van der Waals surface area (Å²) in [6.07, 6.45) is 0.515. The van der Waals surface area contributed by atoms with Gasteiger partial charge in [-0.05, 0) is 45.2 Å². The first-order valence-electron chi connectivity index (χ1n) is 14.0. The van der Waals surface area contributed by atoms with Crippen LogP contribution in [-0.4, -0.2) is 89.6 Å². The normalized spacial score (nSPS) is 17.1. The third kappa shape index (κ3) is 10.1. The van der Waals surface area contributed by atoms with Crippen molar-refractivity contribution in [3.05, 3.63) is 0 Å². The number of hydrogen-bond donors (Lipinski definition) is 0. The maximum atomic E-state index is 14.1. The Morgan fingerprint density at radius 3 is 1.55 bits per heavy atom. The Kier molecular flexibility index (Phi) is 13.5. The van der Waals surface area contributed by atoms with Crippen molar-refractivity contribution in [2.75, 3.05) is 26.2 Å². The second-order valence-electron chi connectivity index (χ2n) is 12.3. The number of piperazine rings is 1. The molecule has 250 valence electrons. The van der Waals surface area contributed by atoms with Crippen LogP contribution in [0.3, 0.4) is 0 Å². The molecule has 1 fully saturated rings. The number of unbranched alkanes of at least 4 members (excludes halogenated alkanes) is 7. The number of hydrogen-bond acceptors (Lipinski definition) is 4. The number of alkyl halides is 9. The lowest BCUT2D eigenvalue weighted by molar-refractivity contribution is -0.382. The van der Waals surface area contributed by atoms with Crippen LogP contribution in [0.15, 0.2) is 0 Å². The molecule has 42 heavy (non-hydrogen) atoms. The van der Waals surface area contributed by atoms with Gasteiger partial charge in [-0.2, -0.15) is 43.8 Å². The molecule has 0 aromatic heterocycles. The number of rotatable bonds is 17. The molecule has 0 saturated carbocycles. The van der Waals surface area contributed by atoms with E-state index in [2.05, 4.69) is 32.7 Å². The van der Waals surface area contributed by atoms with Crippen LogP contribution < -0.4 is 0 Å². The summed E-state index contributed by atoms with van der Waals surface area (Å²) in [6, 6.07) is 1.13. The van der Waals surface area contributed by atoms with Crippen LogP contribution in [-0.2, 0) is 18.9 Å². The van der Waals surface area contributed by atoms with Gasteiger partial charge in [0.15, 0.2) is 16.6 Å². The molecule has 0 aromatic carbocycles. The van der Waals surface area contributed by atoms with Gasteiger partial charge in [-0.15, -0.1) is 0 Å². The number of halogens is 9. The van der Waals surface area contributed by atoms with Gasteiger partial charge in [0.2, 0.25) is 5.91 Å². The summed E-state index contributed by atoms with van der Waals surface area (Å²) in [4.78, 5) is 13.5. The van der Waals surface area contributed by atoms with E-state index < -0.39 is 82.0 Å².